The predicted molar refractivity (Wildman–Crippen MR) is 198 cm³/mol. The summed E-state index contributed by atoms with van der Waals surface area (Å²) in [7, 11) is 1.26. The maximum Gasteiger partial charge on any atom is 0.343 e. The highest BCUT2D eigenvalue weighted by Gasteiger charge is 2.34. The number of nitro benzene ring substituents is 1. The van der Waals surface area contributed by atoms with E-state index in [1.165, 1.54) is 23.8 Å². The fourth-order valence-corrected chi connectivity index (χ4v) is 7.15. The molecule has 0 fully saturated rings. The van der Waals surface area contributed by atoms with Crippen LogP contribution in [-0.2, 0) is 25.7 Å². The van der Waals surface area contributed by atoms with Crippen LogP contribution in [0, 0.1) is 10.1 Å². The molecular weight excluding hydrogens is 774 g/mol. The number of nitrogens with zero attached hydrogens (tertiary/aromatic N) is 3. The molecule has 0 saturated carbocycles. The highest BCUT2D eigenvalue weighted by Crippen LogP contribution is 2.39. The molecule has 4 aromatic rings. The summed E-state index contributed by atoms with van der Waals surface area (Å²) in [5, 5.41) is 11.2. The number of carbonyl (C=O) groups is 2. The van der Waals surface area contributed by atoms with Crippen LogP contribution in [0.1, 0.15) is 50.4 Å². The predicted octanol–water partition coefficient (Wildman–Crippen LogP) is 5.40. The molecule has 0 N–H and O–H groups in total. The molecule has 1 atom stereocenters. The van der Waals surface area contributed by atoms with Crippen molar-refractivity contribution in [3.63, 3.8) is 0 Å². The monoisotopic (exact) mass is 809 g/mol. The van der Waals surface area contributed by atoms with Gasteiger partial charge in [-0.05, 0) is 90.7 Å². The molecule has 1 aliphatic rings. The van der Waals surface area contributed by atoms with Crippen molar-refractivity contribution in [1.82, 2.24) is 4.57 Å². The first kappa shape index (κ1) is 38.7. The van der Waals surface area contributed by atoms with Gasteiger partial charge >= 0.3 is 11.9 Å². The lowest BCUT2D eigenvalue weighted by Gasteiger charge is -2.25. The maximum absolute atomic E-state index is 14.3. The van der Waals surface area contributed by atoms with E-state index >= 15 is 0 Å². The van der Waals surface area contributed by atoms with Gasteiger partial charge in [0.25, 0.3) is 11.2 Å². The number of ether oxygens (including phenoxy) is 6. The Kier molecular flexibility index (Phi) is 12.7. The molecule has 3 aromatic carbocycles. The molecule has 0 bridgehead atoms. The number of fused-ring (bicyclic) bond motifs is 1. The first-order valence-electron chi connectivity index (χ1n) is 16.5. The molecule has 1 aliphatic heterocycles. The van der Waals surface area contributed by atoms with Crippen LogP contribution >= 0.6 is 27.3 Å². The Morgan fingerprint density at radius 2 is 1.74 bits per heavy atom. The van der Waals surface area contributed by atoms with Gasteiger partial charge in [0, 0.05) is 12.1 Å². The third kappa shape index (κ3) is 8.77. The fraction of sp³-hybridized carbons (Fsp3) is 0.297. The minimum absolute atomic E-state index is 0.0455. The van der Waals surface area contributed by atoms with Gasteiger partial charge in [0.2, 0.25) is 0 Å². The first-order chi connectivity index (χ1) is 25.5. The SMILES string of the molecule is CCOC(=O)C1=C(C)N=c2s/c(=C\c3cc(Br)c(OCc4cccc([N+](=O)[O-])c4)c(OCC)c3)c(=O)n2[C@H]1c1ccc(OCC(=O)OC)c(OCC)c1. The number of thiazole rings is 1. The summed E-state index contributed by atoms with van der Waals surface area (Å²) >= 11 is 4.72. The highest BCUT2D eigenvalue weighted by atomic mass is 79.9. The Bertz CT molecular complexity index is 2260. The second-order valence-corrected chi connectivity index (χ2v) is 13.1. The molecule has 278 valence electrons. The minimum Gasteiger partial charge on any atom is -0.490 e. The summed E-state index contributed by atoms with van der Waals surface area (Å²) in [6.45, 7) is 7.40. The molecule has 2 heterocycles. The van der Waals surface area contributed by atoms with Gasteiger partial charge < -0.3 is 28.4 Å². The summed E-state index contributed by atoms with van der Waals surface area (Å²) in [5.41, 5.74) is 1.85. The Hall–Kier alpha value is -5.48. The molecule has 0 spiro atoms. The largest absolute Gasteiger partial charge is 0.490 e. The van der Waals surface area contributed by atoms with Crippen molar-refractivity contribution in [1.29, 1.82) is 0 Å². The molecular formula is C37H36BrN3O11S. The highest BCUT2D eigenvalue weighted by molar-refractivity contribution is 9.10. The fourth-order valence-electron chi connectivity index (χ4n) is 5.53. The van der Waals surface area contributed by atoms with E-state index in [4.69, 9.17) is 23.7 Å². The average molecular weight is 811 g/mol. The standard InChI is InChI=1S/C37H36BrN3O11S/c1-6-48-28-18-24(12-13-27(28)51-20-31(42)47-5)33-32(36(44)50-8-3)21(4)39-37-40(33)35(43)30(53-37)17-23-15-26(38)34(29(16-23)49-7-2)52-19-22-10-9-11-25(14-22)41(45)46/h9-18,33H,6-8,19-20H2,1-5H3/b30-17-/t33-/m0/s1. The number of non-ortho nitro benzene ring substituents is 1. The number of allylic oxidation sites excluding steroid dienone is 1. The minimum atomic E-state index is -0.934. The summed E-state index contributed by atoms with van der Waals surface area (Å²) in [4.78, 5) is 55.3. The van der Waals surface area contributed by atoms with Crippen LogP contribution in [0.2, 0.25) is 0 Å². The quantitative estimate of drug-likeness (QED) is 0.0858. The van der Waals surface area contributed by atoms with Crippen molar-refractivity contribution in [3.8, 4) is 23.0 Å². The van der Waals surface area contributed by atoms with Gasteiger partial charge in [0.15, 0.2) is 34.4 Å². The Morgan fingerprint density at radius 1 is 0.981 bits per heavy atom. The average Bonchev–Trinajstić information content (AvgIpc) is 3.43. The summed E-state index contributed by atoms with van der Waals surface area (Å²) in [6, 6.07) is 13.7. The van der Waals surface area contributed by atoms with Crippen molar-refractivity contribution in [3.05, 3.63) is 117 Å². The van der Waals surface area contributed by atoms with Gasteiger partial charge in [-0.3, -0.25) is 19.5 Å². The first-order valence-corrected chi connectivity index (χ1v) is 18.1. The van der Waals surface area contributed by atoms with Gasteiger partial charge in [-0.15, -0.1) is 0 Å². The summed E-state index contributed by atoms with van der Waals surface area (Å²) in [6.07, 6.45) is 1.69. The van der Waals surface area contributed by atoms with E-state index in [0.717, 1.165) is 11.3 Å². The van der Waals surface area contributed by atoms with Crippen LogP contribution in [0.3, 0.4) is 0 Å². The van der Waals surface area contributed by atoms with Gasteiger partial charge in [-0.1, -0.05) is 29.5 Å². The smallest absolute Gasteiger partial charge is 0.343 e. The van der Waals surface area contributed by atoms with Crippen LogP contribution < -0.4 is 33.8 Å². The zero-order valence-corrected chi connectivity index (χ0v) is 31.9. The Labute approximate surface area is 316 Å². The number of nitro groups is 1. The van der Waals surface area contributed by atoms with E-state index in [1.807, 2.05) is 6.92 Å². The van der Waals surface area contributed by atoms with Crippen LogP contribution in [0.25, 0.3) is 6.08 Å². The molecule has 53 heavy (non-hydrogen) atoms. The lowest BCUT2D eigenvalue weighted by molar-refractivity contribution is -0.384. The molecule has 16 heteroatoms. The number of esters is 2. The number of rotatable bonds is 15. The molecule has 0 aliphatic carbocycles. The van der Waals surface area contributed by atoms with Gasteiger partial charge in [0.05, 0.1) is 58.2 Å². The third-order valence-electron chi connectivity index (χ3n) is 7.81. The second-order valence-electron chi connectivity index (χ2n) is 11.3. The maximum atomic E-state index is 14.3. The van der Waals surface area contributed by atoms with Crippen LogP contribution in [0.5, 0.6) is 23.0 Å². The van der Waals surface area contributed by atoms with E-state index in [-0.39, 0.29) is 43.4 Å². The van der Waals surface area contributed by atoms with Crippen LogP contribution in [0.4, 0.5) is 5.69 Å². The number of benzene rings is 3. The lowest BCUT2D eigenvalue weighted by Crippen LogP contribution is -2.40. The zero-order chi connectivity index (χ0) is 38.2. The second kappa shape index (κ2) is 17.4. The third-order valence-corrected chi connectivity index (χ3v) is 9.38. The van der Waals surface area contributed by atoms with Gasteiger partial charge in [-0.2, -0.15) is 0 Å². The number of carbonyl (C=O) groups excluding carboxylic acids is 2. The Balaban J connectivity index is 1.58. The molecule has 0 radical (unpaired) electrons. The molecule has 14 nitrogen and oxygen atoms in total. The summed E-state index contributed by atoms with van der Waals surface area (Å²) in [5.74, 6) is 0.159. The molecule has 0 amide bonds. The Morgan fingerprint density at radius 3 is 2.43 bits per heavy atom. The number of aromatic nitrogens is 1. The van der Waals surface area contributed by atoms with E-state index in [0.29, 0.717) is 60.0 Å². The normalized spacial score (nSPS) is 13.8. The zero-order valence-electron chi connectivity index (χ0n) is 29.5. The van der Waals surface area contributed by atoms with E-state index in [1.54, 1.807) is 69.3 Å². The molecule has 0 unspecified atom stereocenters. The van der Waals surface area contributed by atoms with Crippen molar-refractivity contribution in [2.75, 3.05) is 33.5 Å². The number of hydrogen-bond acceptors (Lipinski definition) is 13. The van der Waals surface area contributed by atoms with Gasteiger partial charge in [-0.25, -0.2) is 14.6 Å². The van der Waals surface area contributed by atoms with Crippen molar-refractivity contribution >= 4 is 51.0 Å². The van der Waals surface area contributed by atoms with E-state index < -0.39 is 28.5 Å². The number of hydrogen-bond donors (Lipinski definition) is 0. The summed E-state index contributed by atoms with van der Waals surface area (Å²) < 4.78 is 35.8. The van der Waals surface area contributed by atoms with Crippen molar-refractivity contribution in [2.45, 2.75) is 40.3 Å². The van der Waals surface area contributed by atoms with Gasteiger partial charge in [0.1, 0.15) is 6.61 Å². The molecule has 5 rings (SSSR count). The van der Waals surface area contributed by atoms with Crippen molar-refractivity contribution in [2.24, 2.45) is 4.99 Å². The number of methoxy groups -OCH3 is 1. The molecule has 0 saturated heterocycles. The lowest BCUT2D eigenvalue weighted by atomic mass is 9.95. The van der Waals surface area contributed by atoms with Crippen molar-refractivity contribution < 1.29 is 42.9 Å². The van der Waals surface area contributed by atoms with E-state index in [2.05, 4.69) is 25.7 Å². The number of halogens is 1. The molecule has 1 aromatic heterocycles. The van der Waals surface area contributed by atoms with Crippen LogP contribution in [0.15, 0.2) is 80.1 Å². The topological polar surface area (TPSA) is 167 Å². The van der Waals surface area contributed by atoms with E-state index in [9.17, 15) is 24.5 Å². The van der Waals surface area contributed by atoms with Crippen LogP contribution in [-0.4, -0.2) is 55.0 Å².